The maximum absolute atomic E-state index is 15.1. The molecule has 2 fully saturated rings. The van der Waals surface area contributed by atoms with Crippen LogP contribution < -0.4 is 0 Å². The first kappa shape index (κ1) is 18.9. The van der Waals surface area contributed by atoms with Crippen LogP contribution in [0.5, 0.6) is 0 Å². The maximum Gasteiger partial charge on any atom is 0.410 e. The van der Waals surface area contributed by atoms with E-state index >= 15 is 8.78 Å². The van der Waals surface area contributed by atoms with Gasteiger partial charge in [-0.05, 0) is 40.5 Å². The van der Waals surface area contributed by atoms with Crippen LogP contribution in [0.2, 0.25) is 0 Å². The molecule has 2 rings (SSSR count). The van der Waals surface area contributed by atoms with Crippen molar-refractivity contribution in [3.8, 4) is 0 Å². The summed E-state index contributed by atoms with van der Waals surface area (Å²) in [5.74, 6) is -5.14. The summed E-state index contributed by atoms with van der Waals surface area (Å²) in [6.07, 6.45) is 0.789. The summed E-state index contributed by atoms with van der Waals surface area (Å²) in [7, 11) is 0. The topological polar surface area (TPSA) is 55.8 Å². The lowest BCUT2D eigenvalue weighted by molar-refractivity contribution is -0.218. The molecular formula is C17H27F2NO4. The van der Waals surface area contributed by atoms with Crippen molar-refractivity contribution < 1.29 is 27.8 Å². The Balaban J connectivity index is 2.35. The summed E-state index contributed by atoms with van der Waals surface area (Å²) >= 11 is 0. The van der Waals surface area contributed by atoms with Gasteiger partial charge >= 0.3 is 12.1 Å². The Morgan fingerprint density at radius 3 is 2.50 bits per heavy atom. The Morgan fingerprint density at radius 2 is 1.92 bits per heavy atom. The van der Waals surface area contributed by atoms with E-state index in [-0.39, 0.29) is 32.5 Å². The van der Waals surface area contributed by atoms with Crippen LogP contribution in [-0.2, 0) is 14.3 Å². The summed E-state index contributed by atoms with van der Waals surface area (Å²) in [4.78, 5) is 26.1. The van der Waals surface area contributed by atoms with E-state index in [1.54, 1.807) is 27.7 Å². The molecule has 2 bridgehead atoms. The number of piperidine rings is 1. The fourth-order valence-corrected chi connectivity index (χ4v) is 3.64. The van der Waals surface area contributed by atoms with Crippen LogP contribution in [0.25, 0.3) is 0 Å². The lowest BCUT2D eigenvalue weighted by atomic mass is 9.70. The summed E-state index contributed by atoms with van der Waals surface area (Å²) < 4.78 is 40.5. The van der Waals surface area contributed by atoms with Crippen molar-refractivity contribution in [2.75, 3.05) is 19.7 Å². The number of likely N-dealkylation sites (tertiary alicyclic amines) is 1. The second-order valence-electron chi connectivity index (χ2n) is 7.73. The van der Waals surface area contributed by atoms with Crippen LogP contribution in [-0.4, -0.2) is 48.2 Å². The Hall–Kier alpha value is -1.40. The average Bonchev–Trinajstić information content (AvgIpc) is 2.52. The molecule has 2 aliphatic rings. The number of ether oxygens (including phenoxy) is 2. The number of fused-ring (bicyclic) bond motifs is 2. The van der Waals surface area contributed by atoms with E-state index in [2.05, 4.69) is 0 Å². The van der Waals surface area contributed by atoms with Gasteiger partial charge in [-0.1, -0.05) is 12.8 Å². The number of hydrogen-bond donors (Lipinski definition) is 0. The minimum atomic E-state index is -3.19. The van der Waals surface area contributed by atoms with E-state index in [9.17, 15) is 9.59 Å². The molecule has 2 atom stereocenters. The summed E-state index contributed by atoms with van der Waals surface area (Å²) in [6.45, 7) is 6.34. The highest BCUT2D eigenvalue weighted by atomic mass is 19.3. The van der Waals surface area contributed by atoms with Gasteiger partial charge in [0.15, 0.2) is 0 Å². The molecule has 138 valence electrons. The monoisotopic (exact) mass is 347 g/mol. The van der Waals surface area contributed by atoms with E-state index in [1.165, 1.54) is 4.90 Å². The third-order valence-electron chi connectivity index (χ3n) is 4.78. The summed E-state index contributed by atoms with van der Waals surface area (Å²) in [5, 5.41) is 0. The van der Waals surface area contributed by atoms with Crippen LogP contribution in [0.4, 0.5) is 13.6 Å². The highest BCUT2D eigenvalue weighted by molar-refractivity contribution is 5.80. The van der Waals surface area contributed by atoms with E-state index < -0.39 is 34.9 Å². The zero-order valence-electron chi connectivity index (χ0n) is 14.9. The zero-order valence-corrected chi connectivity index (χ0v) is 14.9. The van der Waals surface area contributed by atoms with Crippen molar-refractivity contribution in [2.24, 2.45) is 11.3 Å². The lowest BCUT2D eigenvalue weighted by Crippen LogP contribution is -2.64. The van der Waals surface area contributed by atoms with Crippen molar-refractivity contribution >= 4 is 12.1 Å². The van der Waals surface area contributed by atoms with Crippen LogP contribution in [0.15, 0.2) is 0 Å². The molecule has 1 saturated heterocycles. The first-order chi connectivity index (χ1) is 11.0. The Labute approximate surface area is 141 Å². The lowest BCUT2D eigenvalue weighted by Gasteiger charge is -2.48. The number of hydrogen-bond acceptors (Lipinski definition) is 4. The van der Waals surface area contributed by atoms with E-state index in [0.29, 0.717) is 12.8 Å². The van der Waals surface area contributed by atoms with Gasteiger partial charge < -0.3 is 14.4 Å². The van der Waals surface area contributed by atoms with Crippen molar-refractivity contribution in [1.29, 1.82) is 0 Å². The predicted molar refractivity (Wildman–Crippen MR) is 83.8 cm³/mol. The molecule has 0 radical (unpaired) electrons. The molecule has 1 aliphatic carbocycles. The SMILES string of the molecule is CCOC(=O)C12CCCCC(CN(C(=O)OC(C)(C)C)C1)C2(F)F. The van der Waals surface area contributed by atoms with Gasteiger partial charge in [0.1, 0.15) is 11.0 Å². The normalized spacial score (nSPS) is 29.6. The molecule has 0 aromatic carbocycles. The maximum atomic E-state index is 15.1. The number of carbonyl (C=O) groups is 2. The molecule has 5 nitrogen and oxygen atoms in total. The first-order valence-electron chi connectivity index (χ1n) is 8.56. The van der Waals surface area contributed by atoms with Crippen molar-refractivity contribution in [2.45, 2.75) is 64.9 Å². The highest BCUT2D eigenvalue weighted by Crippen LogP contribution is 2.54. The number of esters is 1. The fourth-order valence-electron chi connectivity index (χ4n) is 3.64. The second kappa shape index (κ2) is 6.48. The molecule has 1 saturated carbocycles. The Kier molecular flexibility index (Phi) is 5.11. The average molecular weight is 347 g/mol. The molecule has 1 heterocycles. The molecule has 1 amide bonds. The number of halogens is 2. The molecule has 2 unspecified atom stereocenters. The zero-order chi connectivity index (χ0) is 18.2. The number of amides is 1. The van der Waals surface area contributed by atoms with Crippen LogP contribution in [0.1, 0.15) is 53.4 Å². The molecular weight excluding hydrogens is 320 g/mol. The van der Waals surface area contributed by atoms with Crippen molar-refractivity contribution in [1.82, 2.24) is 4.90 Å². The van der Waals surface area contributed by atoms with Crippen LogP contribution >= 0.6 is 0 Å². The molecule has 7 heteroatoms. The fraction of sp³-hybridized carbons (Fsp3) is 0.882. The van der Waals surface area contributed by atoms with Gasteiger partial charge in [-0.2, -0.15) is 0 Å². The molecule has 0 spiro atoms. The van der Waals surface area contributed by atoms with Gasteiger partial charge in [0, 0.05) is 19.0 Å². The van der Waals surface area contributed by atoms with Crippen LogP contribution in [0.3, 0.4) is 0 Å². The molecule has 1 aliphatic heterocycles. The first-order valence-corrected chi connectivity index (χ1v) is 8.56. The van der Waals surface area contributed by atoms with Crippen molar-refractivity contribution in [3.05, 3.63) is 0 Å². The predicted octanol–water partition coefficient (Wildman–Crippen LogP) is 3.61. The van der Waals surface area contributed by atoms with Crippen LogP contribution in [0, 0.1) is 11.3 Å². The van der Waals surface area contributed by atoms with Gasteiger partial charge in [0.2, 0.25) is 0 Å². The summed E-state index contributed by atoms with van der Waals surface area (Å²) in [5.41, 5.74) is -2.70. The highest BCUT2D eigenvalue weighted by Gasteiger charge is 2.67. The number of rotatable bonds is 2. The van der Waals surface area contributed by atoms with Gasteiger partial charge in [-0.15, -0.1) is 0 Å². The Bertz CT molecular complexity index is 503. The standard InChI is InChI=1S/C17H27F2NO4/c1-5-23-13(21)16-9-7-6-8-12(17(16,18)19)10-20(11-16)14(22)24-15(2,3)4/h12H,5-11H2,1-4H3. The third kappa shape index (κ3) is 3.35. The second-order valence-corrected chi connectivity index (χ2v) is 7.73. The Morgan fingerprint density at radius 1 is 1.25 bits per heavy atom. The van der Waals surface area contributed by atoms with Gasteiger partial charge in [0.25, 0.3) is 5.92 Å². The minimum absolute atomic E-state index is 0.0225. The van der Waals surface area contributed by atoms with E-state index in [4.69, 9.17) is 9.47 Å². The van der Waals surface area contributed by atoms with Crippen molar-refractivity contribution in [3.63, 3.8) is 0 Å². The molecule has 0 aromatic heterocycles. The van der Waals surface area contributed by atoms with E-state index in [0.717, 1.165) is 0 Å². The minimum Gasteiger partial charge on any atom is -0.465 e. The van der Waals surface area contributed by atoms with Gasteiger partial charge in [0.05, 0.1) is 6.61 Å². The van der Waals surface area contributed by atoms with Gasteiger partial charge in [-0.25, -0.2) is 13.6 Å². The smallest absolute Gasteiger partial charge is 0.410 e. The quantitative estimate of drug-likeness (QED) is 0.716. The molecule has 0 aromatic rings. The number of nitrogens with zero attached hydrogens (tertiary/aromatic N) is 1. The molecule has 0 N–H and O–H groups in total. The molecule has 24 heavy (non-hydrogen) atoms. The number of alkyl halides is 2. The summed E-state index contributed by atoms with van der Waals surface area (Å²) in [6, 6.07) is 0. The number of carbonyl (C=O) groups excluding carboxylic acids is 2. The van der Waals surface area contributed by atoms with E-state index in [1.807, 2.05) is 0 Å². The largest absolute Gasteiger partial charge is 0.465 e. The third-order valence-corrected chi connectivity index (χ3v) is 4.78. The van der Waals surface area contributed by atoms with Gasteiger partial charge in [-0.3, -0.25) is 4.79 Å².